The van der Waals surface area contributed by atoms with E-state index in [1.165, 1.54) is 0 Å². The Labute approximate surface area is 262 Å². The van der Waals surface area contributed by atoms with E-state index in [1.54, 1.807) is 23.1 Å². The fourth-order valence-corrected chi connectivity index (χ4v) is 5.98. The average Bonchev–Trinajstić information content (AvgIpc) is 3.13. The molecule has 3 aromatic rings. The Balaban J connectivity index is 1.67. The van der Waals surface area contributed by atoms with Crippen molar-refractivity contribution in [1.29, 1.82) is 0 Å². The first kappa shape index (κ1) is 33.0. The van der Waals surface area contributed by atoms with Crippen LogP contribution in [0.3, 0.4) is 0 Å². The number of nitrogens with one attached hydrogen (secondary N) is 1. The van der Waals surface area contributed by atoms with Crippen molar-refractivity contribution in [3.63, 3.8) is 0 Å². The molecule has 4 rings (SSSR count). The van der Waals surface area contributed by atoms with Crippen molar-refractivity contribution in [3.05, 3.63) is 77.9 Å². The highest BCUT2D eigenvalue weighted by Crippen LogP contribution is 2.38. The smallest absolute Gasteiger partial charge is 0.410 e. The summed E-state index contributed by atoms with van der Waals surface area (Å²) in [5.41, 5.74) is -1.24. The first-order valence-electron chi connectivity index (χ1n) is 15.3. The van der Waals surface area contributed by atoms with Crippen LogP contribution in [0.25, 0.3) is 10.8 Å². The molecule has 1 N–H and O–H groups in total. The number of benzene rings is 3. The number of para-hydroxylation sites is 1. The van der Waals surface area contributed by atoms with Crippen LogP contribution in [0.1, 0.15) is 81.5 Å². The summed E-state index contributed by atoms with van der Waals surface area (Å²) in [7, 11) is -2.26. The number of hydrogen-bond acceptors (Lipinski definition) is 6. The van der Waals surface area contributed by atoms with Crippen LogP contribution in [0.4, 0.5) is 4.79 Å². The molecule has 0 saturated carbocycles. The fourth-order valence-electron chi connectivity index (χ4n) is 4.95. The molecule has 1 unspecified atom stereocenters. The Kier molecular flexibility index (Phi) is 9.49. The largest absolute Gasteiger partial charge is 0.543 e. The lowest BCUT2D eigenvalue weighted by Gasteiger charge is -2.37. The zero-order valence-electron chi connectivity index (χ0n) is 27.3. The zero-order valence-corrected chi connectivity index (χ0v) is 28.3. The first-order chi connectivity index (χ1) is 20.5. The van der Waals surface area contributed by atoms with Crippen LogP contribution in [0.5, 0.6) is 5.75 Å². The number of amides is 2. The van der Waals surface area contributed by atoms with E-state index >= 15 is 0 Å². The lowest BCUT2D eigenvalue weighted by atomic mass is 10.0. The Morgan fingerprint density at radius 2 is 1.45 bits per heavy atom. The summed E-state index contributed by atoms with van der Waals surface area (Å²) < 4.78 is 18.5. The summed E-state index contributed by atoms with van der Waals surface area (Å²) >= 11 is 0. The monoisotopic (exact) mass is 618 g/mol. The summed E-state index contributed by atoms with van der Waals surface area (Å²) in [6.45, 7) is 16.8. The molecule has 0 aromatic heterocycles. The third kappa shape index (κ3) is 7.80. The highest BCUT2D eigenvalue weighted by atomic mass is 28.4. The van der Waals surface area contributed by atoms with Crippen LogP contribution >= 0.6 is 0 Å². The number of fused-ring (bicyclic) bond motifs is 1. The summed E-state index contributed by atoms with van der Waals surface area (Å²) in [5.74, 6) is -0.453. The second-order valence-electron chi connectivity index (χ2n) is 14.0. The molecule has 3 aromatic carbocycles. The maximum absolute atomic E-state index is 14.0. The Bertz CT molecular complexity index is 1520. The van der Waals surface area contributed by atoms with Crippen LogP contribution in [0.2, 0.25) is 18.1 Å². The number of likely N-dealkylation sites (tertiary alicyclic amines) is 1. The molecule has 0 aliphatic carbocycles. The minimum Gasteiger partial charge on any atom is -0.543 e. The molecule has 1 aliphatic rings. The van der Waals surface area contributed by atoms with Crippen LogP contribution in [-0.4, -0.2) is 55.6 Å². The van der Waals surface area contributed by atoms with E-state index in [-0.39, 0.29) is 18.0 Å². The predicted molar refractivity (Wildman–Crippen MR) is 175 cm³/mol. The van der Waals surface area contributed by atoms with Crippen molar-refractivity contribution in [2.24, 2.45) is 0 Å². The lowest BCUT2D eigenvalue weighted by molar-refractivity contribution is -0.0409. The van der Waals surface area contributed by atoms with Crippen LogP contribution < -0.4 is 9.74 Å². The van der Waals surface area contributed by atoms with Crippen LogP contribution in [0, 0.1) is 0 Å². The third-order valence-corrected chi connectivity index (χ3v) is 12.7. The maximum Gasteiger partial charge on any atom is 0.410 e. The van der Waals surface area contributed by atoms with Crippen molar-refractivity contribution in [3.8, 4) is 5.75 Å². The molecule has 1 saturated heterocycles. The van der Waals surface area contributed by atoms with E-state index < -0.39 is 37.6 Å². The van der Waals surface area contributed by atoms with Crippen molar-refractivity contribution < 1.29 is 28.3 Å². The quantitative estimate of drug-likeness (QED) is 0.171. The second kappa shape index (κ2) is 12.6. The molecular weight excluding hydrogens is 572 g/mol. The molecule has 8 nitrogen and oxygen atoms in total. The number of ether oxygens (including phenoxy) is 2. The minimum absolute atomic E-state index is 0.0712. The molecule has 236 valence electrons. The van der Waals surface area contributed by atoms with E-state index in [0.29, 0.717) is 36.3 Å². The molecule has 44 heavy (non-hydrogen) atoms. The van der Waals surface area contributed by atoms with E-state index in [9.17, 15) is 14.4 Å². The number of carbonyl (C=O) groups is 3. The van der Waals surface area contributed by atoms with Gasteiger partial charge in [-0.25, -0.2) is 9.59 Å². The van der Waals surface area contributed by atoms with Crippen molar-refractivity contribution in [1.82, 2.24) is 10.2 Å². The Morgan fingerprint density at radius 3 is 2.16 bits per heavy atom. The van der Waals surface area contributed by atoms with Gasteiger partial charge in [0.2, 0.25) is 0 Å². The van der Waals surface area contributed by atoms with Gasteiger partial charge in [-0.05, 0) is 74.3 Å². The average molecular weight is 619 g/mol. The van der Waals surface area contributed by atoms with Gasteiger partial charge in [0.05, 0.1) is 11.1 Å². The number of rotatable bonds is 6. The van der Waals surface area contributed by atoms with Crippen LogP contribution in [0.15, 0.2) is 66.7 Å². The van der Waals surface area contributed by atoms with Gasteiger partial charge < -0.3 is 24.1 Å². The molecule has 0 radical (unpaired) electrons. The van der Waals surface area contributed by atoms with Gasteiger partial charge in [-0.3, -0.25) is 4.79 Å². The molecule has 1 atom stereocenters. The Hall–Kier alpha value is -3.85. The van der Waals surface area contributed by atoms with Gasteiger partial charge in [0.1, 0.15) is 11.4 Å². The fraction of sp³-hybridized carbons (Fsp3) is 0.457. The summed E-state index contributed by atoms with van der Waals surface area (Å²) in [4.78, 5) is 42.5. The summed E-state index contributed by atoms with van der Waals surface area (Å²) in [5, 5.41) is 4.69. The minimum atomic E-state index is -2.26. The molecule has 1 fully saturated rings. The molecule has 1 aliphatic heterocycles. The summed E-state index contributed by atoms with van der Waals surface area (Å²) in [6.07, 6.45) is 0.567. The van der Waals surface area contributed by atoms with E-state index in [2.05, 4.69) is 39.2 Å². The second-order valence-corrected chi connectivity index (χ2v) is 18.8. The number of esters is 1. The standard InChI is InChI=1S/C35H46N2O6Si/c1-33(2,3)42-32(40)37-23-14-21-35(22-24-37,41-31(39)27-19-13-16-25-15-9-10-17-26(25)27)36-30(38)28-18-11-12-20-29(28)43-44(7,8)34(4,5)6/h9-13,15-20H,14,21-24H2,1-8H3,(H,36,38). The topological polar surface area (TPSA) is 94.2 Å². The van der Waals surface area contributed by atoms with Gasteiger partial charge in [-0.1, -0.05) is 69.3 Å². The predicted octanol–water partition coefficient (Wildman–Crippen LogP) is 7.93. The molecule has 1 heterocycles. The van der Waals surface area contributed by atoms with Gasteiger partial charge in [0.25, 0.3) is 14.2 Å². The van der Waals surface area contributed by atoms with Gasteiger partial charge in [0.15, 0.2) is 5.72 Å². The summed E-state index contributed by atoms with van der Waals surface area (Å²) in [6, 6.07) is 20.3. The van der Waals surface area contributed by atoms with Crippen molar-refractivity contribution in [2.45, 2.75) is 90.3 Å². The van der Waals surface area contributed by atoms with E-state index in [1.807, 2.05) is 69.3 Å². The highest BCUT2D eigenvalue weighted by Gasteiger charge is 2.42. The Morgan fingerprint density at radius 1 is 0.818 bits per heavy atom. The molecular formula is C35H46N2O6Si. The zero-order chi connectivity index (χ0) is 32.3. The normalized spacial score (nSPS) is 17.9. The molecule has 2 amide bonds. The van der Waals surface area contributed by atoms with E-state index in [4.69, 9.17) is 13.9 Å². The van der Waals surface area contributed by atoms with Gasteiger partial charge in [-0.15, -0.1) is 0 Å². The molecule has 9 heteroatoms. The maximum atomic E-state index is 14.0. The van der Waals surface area contributed by atoms with Crippen LogP contribution in [-0.2, 0) is 9.47 Å². The number of hydrogen-bond donors (Lipinski definition) is 1. The van der Waals surface area contributed by atoms with E-state index in [0.717, 1.165) is 10.8 Å². The van der Waals surface area contributed by atoms with Gasteiger partial charge >= 0.3 is 12.1 Å². The van der Waals surface area contributed by atoms with Crippen molar-refractivity contribution in [2.75, 3.05) is 13.1 Å². The number of carbonyl (C=O) groups excluding carboxylic acids is 3. The lowest BCUT2D eigenvalue weighted by Crippen LogP contribution is -2.52. The molecule has 0 bridgehead atoms. The highest BCUT2D eigenvalue weighted by molar-refractivity contribution is 6.74. The van der Waals surface area contributed by atoms with Gasteiger partial charge in [-0.2, -0.15) is 0 Å². The number of nitrogens with zero attached hydrogens (tertiary/aromatic N) is 1. The first-order valence-corrected chi connectivity index (χ1v) is 18.2. The third-order valence-electron chi connectivity index (χ3n) is 8.39. The SMILES string of the molecule is CC(C)(C)OC(=O)N1CCCC(NC(=O)c2ccccc2O[Si](C)(C)C(C)(C)C)(OC(=O)c2cccc3ccccc23)CC1. The van der Waals surface area contributed by atoms with Crippen molar-refractivity contribution >= 4 is 37.1 Å². The molecule has 0 spiro atoms. The van der Waals surface area contributed by atoms with Gasteiger partial charge in [0, 0.05) is 25.9 Å².